The van der Waals surface area contributed by atoms with Gasteiger partial charge in [0.25, 0.3) is 0 Å². The van der Waals surface area contributed by atoms with Crippen LogP contribution in [0.25, 0.3) is 0 Å². The summed E-state index contributed by atoms with van der Waals surface area (Å²) in [4.78, 5) is 24.0. The van der Waals surface area contributed by atoms with Gasteiger partial charge in [0.05, 0.1) is 24.9 Å². The molecule has 1 saturated heterocycles. The summed E-state index contributed by atoms with van der Waals surface area (Å²) < 4.78 is 18.2. The number of hydrogen-bond acceptors (Lipinski definition) is 4. The molecule has 1 fully saturated rings. The van der Waals surface area contributed by atoms with E-state index in [9.17, 15) is 14.3 Å². The number of aromatic amines is 1. The van der Waals surface area contributed by atoms with Gasteiger partial charge >= 0.3 is 0 Å². The smallest absolute Gasteiger partial charge is 0.247 e. The first-order valence-electron chi connectivity index (χ1n) is 7.90. The van der Waals surface area contributed by atoms with Gasteiger partial charge < -0.3 is 19.9 Å². The fraction of sp³-hybridized carbons (Fsp3) is 0.353. The van der Waals surface area contributed by atoms with E-state index in [4.69, 9.17) is 4.74 Å². The van der Waals surface area contributed by atoms with E-state index >= 15 is 0 Å². The lowest BCUT2D eigenvalue weighted by Gasteiger charge is -2.31. The Bertz CT molecular complexity index is 749. The van der Waals surface area contributed by atoms with Crippen molar-refractivity contribution in [1.82, 2.24) is 10.3 Å². The molecule has 128 valence electrons. The Labute approximate surface area is 140 Å². The third kappa shape index (κ3) is 4.65. The molecule has 7 heteroatoms. The van der Waals surface area contributed by atoms with Crippen LogP contribution in [-0.4, -0.2) is 35.3 Å². The second-order valence-corrected chi connectivity index (χ2v) is 8.45. The van der Waals surface area contributed by atoms with Crippen LogP contribution in [0.2, 0.25) is 0 Å². The second kappa shape index (κ2) is 7.45. The molecule has 0 radical (unpaired) electrons. The molecule has 0 amide bonds. The summed E-state index contributed by atoms with van der Waals surface area (Å²) >= 11 is 0. The van der Waals surface area contributed by atoms with Crippen molar-refractivity contribution in [2.45, 2.75) is 18.3 Å². The lowest BCUT2D eigenvalue weighted by molar-refractivity contribution is 0.0156. The third-order valence-electron chi connectivity index (χ3n) is 4.06. The van der Waals surface area contributed by atoms with E-state index in [0.29, 0.717) is 13.2 Å². The topological polar surface area (TPSA) is 91.4 Å². The third-order valence-corrected chi connectivity index (χ3v) is 5.90. The molecule has 0 bridgehead atoms. The molecular formula is C17H21N2O4P. The minimum absolute atomic E-state index is 0.0229. The highest BCUT2D eigenvalue weighted by Gasteiger charge is 2.29. The molecule has 0 spiro atoms. The molecule has 3 atom stereocenters. The maximum absolute atomic E-state index is 12.4. The first-order valence-corrected chi connectivity index (χ1v) is 9.93. The van der Waals surface area contributed by atoms with Crippen molar-refractivity contribution < 1.29 is 14.2 Å². The Morgan fingerprint density at radius 3 is 2.62 bits per heavy atom. The van der Waals surface area contributed by atoms with E-state index in [1.54, 1.807) is 12.3 Å². The van der Waals surface area contributed by atoms with Gasteiger partial charge in [-0.15, -0.1) is 0 Å². The Balaban J connectivity index is 1.54. The monoisotopic (exact) mass is 348 g/mol. The molecule has 6 nitrogen and oxygen atoms in total. The van der Waals surface area contributed by atoms with Gasteiger partial charge in [-0.3, -0.25) is 9.36 Å². The first kappa shape index (κ1) is 17.1. The second-order valence-electron chi connectivity index (χ2n) is 6.08. The molecule has 3 N–H and O–H groups in total. The molecule has 1 unspecified atom stereocenters. The first-order chi connectivity index (χ1) is 11.5. The molecular weight excluding hydrogens is 327 g/mol. The van der Waals surface area contributed by atoms with Crippen LogP contribution in [0, 0.1) is 0 Å². The van der Waals surface area contributed by atoms with Crippen molar-refractivity contribution in [2.24, 2.45) is 0 Å². The number of hydrogen-bond donors (Lipinski definition) is 3. The summed E-state index contributed by atoms with van der Waals surface area (Å²) in [5, 5.41) is 3.31. The standard InChI is InChI=1S/C17H21N2O4P/c20-17-7-6-14(8-19-17)16-10-23-15(9-18-16)12-24(21,22)11-13-4-2-1-3-5-13/h1-8,15-16,18H,9-12H2,(H,19,20)(H,21,22)/t15-,16+/m1/s1. The van der Waals surface area contributed by atoms with Crippen molar-refractivity contribution in [3.8, 4) is 0 Å². The van der Waals surface area contributed by atoms with Gasteiger partial charge in [-0.1, -0.05) is 36.4 Å². The minimum atomic E-state index is -3.29. The quantitative estimate of drug-likeness (QED) is 0.718. The fourth-order valence-electron chi connectivity index (χ4n) is 2.85. The number of aromatic nitrogens is 1. The lowest BCUT2D eigenvalue weighted by atomic mass is 10.1. The Hall–Kier alpha value is -1.72. The van der Waals surface area contributed by atoms with Crippen molar-refractivity contribution in [3.63, 3.8) is 0 Å². The minimum Gasteiger partial charge on any atom is -0.374 e. The van der Waals surface area contributed by atoms with Gasteiger partial charge in [0, 0.05) is 25.0 Å². The van der Waals surface area contributed by atoms with Crippen LogP contribution in [0.3, 0.4) is 0 Å². The predicted octanol–water partition coefficient (Wildman–Crippen LogP) is 1.87. The van der Waals surface area contributed by atoms with Gasteiger partial charge in [0.1, 0.15) is 0 Å². The van der Waals surface area contributed by atoms with Gasteiger partial charge in [-0.2, -0.15) is 0 Å². The average molecular weight is 348 g/mol. The SMILES string of the molecule is O=c1ccc([C@@H]2CO[C@@H](CP(=O)(O)Cc3ccccc3)CN2)c[nH]1. The number of nitrogens with one attached hydrogen (secondary N) is 2. The van der Waals surface area contributed by atoms with E-state index in [2.05, 4.69) is 10.3 Å². The van der Waals surface area contributed by atoms with Crippen LogP contribution in [0.5, 0.6) is 0 Å². The zero-order chi connectivity index (χ0) is 17.0. The number of H-pyrrole nitrogens is 1. The molecule has 2 heterocycles. The van der Waals surface area contributed by atoms with Gasteiger partial charge in [-0.05, 0) is 11.1 Å². The molecule has 2 aromatic rings. The maximum Gasteiger partial charge on any atom is 0.247 e. The highest BCUT2D eigenvalue weighted by Crippen LogP contribution is 2.45. The molecule has 1 aliphatic heterocycles. The van der Waals surface area contributed by atoms with Gasteiger partial charge in [0.2, 0.25) is 12.9 Å². The highest BCUT2D eigenvalue weighted by molar-refractivity contribution is 7.57. The molecule has 3 rings (SSSR count). The van der Waals surface area contributed by atoms with E-state index in [0.717, 1.165) is 11.1 Å². The number of morpholine rings is 1. The van der Waals surface area contributed by atoms with Crippen molar-refractivity contribution in [3.05, 3.63) is 70.1 Å². The average Bonchev–Trinajstić information content (AvgIpc) is 2.56. The van der Waals surface area contributed by atoms with Crippen molar-refractivity contribution >= 4 is 7.37 Å². The summed E-state index contributed by atoms with van der Waals surface area (Å²) in [7, 11) is -3.29. The Morgan fingerprint density at radius 1 is 1.21 bits per heavy atom. The fourth-order valence-corrected chi connectivity index (χ4v) is 4.63. The van der Waals surface area contributed by atoms with Crippen LogP contribution in [0.15, 0.2) is 53.5 Å². The largest absolute Gasteiger partial charge is 0.374 e. The van der Waals surface area contributed by atoms with Gasteiger partial charge in [0.15, 0.2) is 0 Å². The van der Waals surface area contributed by atoms with Crippen LogP contribution in [-0.2, 0) is 15.5 Å². The highest BCUT2D eigenvalue weighted by atomic mass is 31.2. The van der Waals surface area contributed by atoms with E-state index < -0.39 is 7.37 Å². The maximum atomic E-state index is 12.4. The molecule has 1 aromatic heterocycles. The van der Waals surface area contributed by atoms with Crippen LogP contribution in [0.4, 0.5) is 0 Å². The molecule has 24 heavy (non-hydrogen) atoms. The molecule has 1 aliphatic rings. The zero-order valence-electron chi connectivity index (χ0n) is 13.2. The van der Waals surface area contributed by atoms with E-state index in [1.807, 2.05) is 30.3 Å². The summed E-state index contributed by atoms with van der Waals surface area (Å²) in [6, 6.07) is 12.5. The predicted molar refractivity (Wildman–Crippen MR) is 92.4 cm³/mol. The molecule has 1 aromatic carbocycles. The van der Waals surface area contributed by atoms with Crippen LogP contribution in [0.1, 0.15) is 17.2 Å². The van der Waals surface area contributed by atoms with E-state index in [-0.39, 0.29) is 30.0 Å². The Kier molecular flexibility index (Phi) is 5.31. The van der Waals surface area contributed by atoms with Crippen LogP contribution < -0.4 is 10.9 Å². The summed E-state index contributed by atoms with van der Waals surface area (Å²) in [6.07, 6.45) is 1.67. The normalized spacial score (nSPS) is 23.5. The summed E-state index contributed by atoms with van der Waals surface area (Å²) in [5.41, 5.74) is 1.65. The van der Waals surface area contributed by atoms with Crippen LogP contribution >= 0.6 is 7.37 Å². The van der Waals surface area contributed by atoms with E-state index in [1.165, 1.54) is 6.07 Å². The molecule has 0 aliphatic carbocycles. The summed E-state index contributed by atoms with van der Waals surface area (Å²) in [5.74, 6) is 0. The van der Waals surface area contributed by atoms with Crippen molar-refractivity contribution in [2.75, 3.05) is 19.3 Å². The summed E-state index contributed by atoms with van der Waals surface area (Å²) in [6.45, 7) is 0.908. The number of ether oxygens (including phenoxy) is 1. The number of pyridine rings is 1. The number of rotatable bonds is 5. The lowest BCUT2D eigenvalue weighted by Crippen LogP contribution is -2.43. The Morgan fingerprint density at radius 2 is 2.00 bits per heavy atom. The van der Waals surface area contributed by atoms with Gasteiger partial charge in [-0.25, -0.2) is 0 Å². The molecule has 0 saturated carbocycles. The number of benzene rings is 1. The zero-order valence-corrected chi connectivity index (χ0v) is 14.1. The van der Waals surface area contributed by atoms with Crippen molar-refractivity contribution in [1.29, 1.82) is 0 Å².